The second kappa shape index (κ2) is 6.27. The number of hydrogen-bond acceptors (Lipinski definition) is 1. The van der Waals surface area contributed by atoms with Crippen molar-refractivity contribution < 1.29 is 0 Å². The second-order valence-corrected chi connectivity index (χ2v) is 10.0. The highest BCUT2D eigenvalue weighted by Gasteiger charge is 2.29. The quantitative estimate of drug-likeness (QED) is 0.761. The van der Waals surface area contributed by atoms with Crippen molar-refractivity contribution in [3.8, 4) is 0 Å². The number of para-hydroxylation sites is 1. The van der Waals surface area contributed by atoms with Gasteiger partial charge in [0.2, 0.25) is 0 Å². The van der Waals surface area contributed by atoms with Gasteiger partial charge in [0.25, 0.3) is 0 Å². The summed E-state index contributed by atoms with van der Waals surface area (Å²) in [5.74, 6) is 0. The lowest BCUT2D eigenvalue weighted by Gasteiger charge is -2.31. The van der Waals surface area contributed by atoms with Crippen molar-refractivity contribution in [2.45, 2.75) is 26.9 Å². The van der Waals surface area contributed by atoms with Gasteiger partial charge < -0.3 is 4.90 Å². The zero-order valence-corrected chi connectivity index (χ0v) is 14.1. The Morgan fingerprint density at radius 2 is 1.35 bits per heavy atom. The summed E-state index contributed by atoms with van der Waals surface area (Å²) in [5, 5.41) is 3.04. The van der Waals surface area contributed by atoms with Crippen molar-refractivity contribution in [2.75, 3.05) is 18.0 Å². The molecule has 2 rings (SSSR count). The Balaban J connectivity index is 2.52. The molecule has 2 aromatic carbocycles. The summed E-state index contributed by atoms with van der Waals surface area (Å²) in [5.41, 5.74) is 1.41. The van der Waals surface area contributed by atoms with Gasteiger partial charge in [-0.1, -0.05) is 66.8 Å². The van der Waals surface area contributed by atoms with Crippen LogP contribution in [0.1, 0.15) is 13.8 Å². The lowest BCUT2D eigenvalue weighted by molar-refractivity contribution is 0.869. The third-order valence-corrected chi connectivity index (χ3v) is 7.72. The van der Waals surface area contributed by atoms with Gasteiger partial charge in [-0.15, -0.1) is 0 Å². The largest absolute Gasteiger partial charge is 0.372 e. The molecule has 0 heterocycles. The first-order chi connectivity index (χ1) is 9.61. The zero-order chi connectivity index (χ0) is 14.6. The van der Waals surface area contributed by atoms with Crippen molar-refractivity contribution in [2.24, 2.45) is 0 Å². The predicted octanol–water partition coefficient (Wildman–Crippen LogP) is 3.36. The Labute approximate surface area is 124 Å². The minimum Gasteiger partial charge on any atom is -0.372 e. The lowest BCUT2D eigenvalue weighted by atomic mass is 10.3. The molecule has 106 valence electrons. The normalized spacial score (nSPS) is 11.4. The minimum atomic E-state index is -1.64. The molecule has 0 aromatic heterocycles. The topological polar surface area (TPSA) is 3.24 Å². The fourth-order valence-electron chi connectivity index (χ4n) is 2.85. The van der Waals surface area contributed by atoms with Crippen LogP contribution < -0.4 is 15.3 Å². The first-order valence-corrected chi connectivity index (χ1v) is 10.5. The molecule has 0 fully saturated rings. The molecule has 1 nitrogen and oxygen atoms in total. The van der Waals surface area contributed by atoms with Gasteiger partial charge in [0.15, 0.2) is 0 Å². The maximum atomic E-state index is 2.47. The highest BCUT2D eigenvalue weighted by Crippen LogP contribution is 2.16. The van der Waals surface area contributed by atoms with Gasteiger partial charge in [0.05, 0.1) is 0 Å². The van der Waals surface area contributed by atoms with E-state index in [1.54, 1.807) is 0 Å². The molecule has 0 N–H and O–H groups in total. The summed E-state index contributed by atoms with van der Waals surface area (Å²) in [6.45, 7) is 11.5. The van der Waals surface area contributed by atoms with Gasteiger partial charge in [-0.05, 0) is 25.1 Å². The summed E-state index contributed by atoms with van der Waals surface area (Å²) in [6.07, 6.45) is 0. The number of nitrogens with zero attached hydrogens (tertiary/aromatic N) is 1. The molecule has 0 saturated carbocycles. The molecule has 20 heavy (non-hydrogen) atoms. The molecule has 0 bridgehead atoms. The fraction of sp³-hybridized carbons (Fsp3) is 0.333. The number of hydrogen-bond donors (Lipinski definition) is 0. The predicted molar refractivity (Wildman–Crippen MR) is 93.2 cm³/mol. The van der Waals surface area contributed by atoms with Gasteiger partial charge in [-0.25, -0.2) is 0 Å². The molecule has 2 aromatic rings. The summed E-state index contributed by atoms with van der Waals surface area (Å²) in [4.78, 5) is 2.47. The average Bonchev–Trinajstić information content (AvgIpc) is 2.50. The van der Waals surface area contributed by atoms with Gasteiger partial charge in [0, 0.05) is 18.8 Å². The molecule has 0 amide bonds. The SMILES string of the molecule is CCN(CC)c1ccccc1[Si](C)(C)c1ccccc1. The van der Waals surface area contributed by atoms with Crippen LogP contribution in [0.25, 0.3) is 0 Å². The molecule has 0 atom stereocenters. The molecular weight excluding hydrogens is 258 g/mol. The standard InChI is InChI=1S/C18H25NSi/c1-5-19(6-2)17-14-10-11-15-18(17)20(3,4)16-12-8-7-9-13-16/h7-15H,5-6H2,1-4H3. The third-order valence-electron chi connectivity index (χ3n) is 4.18. The van der Waals surface area contributed by atoms with Gasteiger partial charge in [0.1, 0.15) is 8.07 Å². The molecule has 0 unspecified atom stereocenters. The van der Waals surface area contributed by atoms with E-state index in [-0.39, 0.29) is 0 Å². The highest BCUT2D eigenvalue weighted by atomic mass is 28.3. The highest BCUT2D eigenvalue weighted by molar-refractivity contribution is 7.01. The van der Waals surface area contributed by atoms with E-state index >= 15 is 0 Å². The van der Waals surface area contributed by atoms with Gasteiger partial charge in [-0.3, -0.25) is 0 Å². The first kappa shape index (κ1) is 14.9. The monoisotopic (exact) mass is 283 g/mol. The van der Waals surface area contributed by atoms with Crippen molar-refractivity contribution in [1.29, 1.82) is 0 Å². The van der Waals surface area contributed by atoms with Gasteiger partial charge >= 0.3 is 0 Å². The smallest absolute Gasteiger partial charge is 0.114 e. The van der Waals surface area contributed by atoms with Crippen molar-refractivity contribution >= 4 is 24.1 Å². The van der Waals surface area contributed by atoms with E-state index in [0.29, 0.717) is 0 Å². The third kappa shape index (κ3) is 2.80. The molecule has 0 aliphatic carbocycles. The van der Waals surface area contributed by atoms with E-state index in [0.717, 1.165) is 13.1 Å². The van der Waals surface area contributed by atoms with Crippen molar-refractivity contribution in [3.63, 3.8) is 0 Å². The Morgan fingerprint density at radius 3 is 1.95 bits per heavy atom. The molecule has 0 aliphatic rings. The van der Waals surface area contributed by atoms with Crippen molar-refractivity contribution in [3.05, 3.63) is 54.6 Å². The molecule has 0 radical (unpaired) electrons. The zero-order valence-electron chi connectivity index (χ0n) is 13.1. The number of benzene rings is 2. The molecule has 0 saturated heterocycles. The van der Waals surface area contributed by atoms with Crippen LogP contribution in [0.4, 0.5) is 5.69 Å². The van der Waals surface area contributed by atoms with E-state index in [1.807, 2.05) is 0 Å². The van der Waals surface area contributed by atoms with E-state index in [9.17, 15) is 0 Å². The summed E-state index contributed by atoms with van der Waals surface area (Å²) in [6, 6.07) is 19.9. The summed E-state index contributed by atoms with van der Waals surface area (Å²) in [7, 11) is -1.64. The summed E-state index contributed by atoms with van der Waals surface area (Å²) < 4.78 is 0. The Bertz CT molecular complexity index is 544. The van der Waals surface area contributed by atoms with Crippen LogP contribution in [0.2, 0.25) is 13.1 Å². The average molecular weight is 283 g/mol. The van der Waals surface area contributed by atoms with Crippen LogP contribution in [0, 0.1) is 0 Å². The van der Waals surface area contributed by atoms with Crippen molar-refractivity contribution in [1.82, 2.24) is 0 Å². The van der Waals surface area contributed by atoms with E-state index < -0.39 is 8.07 Å². The van der Waals surface area contributed by atoms with Crippen LogP contribution >= 0.6 is 0 Å². The molecule has 2 heteroatoms. The number of rotatable bonds is 5. The van der Waals surface area contributed by atoms with Crippen LogP contribution in [-0.4, -0.2) is 21.2 Å². The second-order valence-electron chi connectivity index (χ2n) is 5.68. The maximum Gasteiger partial charge on any atom is 0.114 e. The van der Waals surface area contributed by atoms with Crippen LogP contribution in [0.3, 0.4) is 0 Å². The molecular formula is C18H25NSi. The van der Waals surface area contributed by atoms with E-state index in [2.05, 4.69) is 86.4 Å². The Morgan fingerprint density at radius 1 is 0.800 bits per heavy atom. The van der Waals surface area contributed by atoms with E-state index in [4.69, 9.17) is 0 Å². The fourth-order valence-corrected chi connectivity index (χ4v) is 5.58. The number of anilines is 1. The van der Waals surface area contributed by atoms with Gasteiger partial charge in [-0.2, -0.15) is 0 Å². The summed E-state index contributed by atoms with van der Waals surface area (Å²) >= 11 is 0. The van der Waals surface area contributed by atoms with Crippen LogP contribution in [0.5, 0.6) is 0 Å². The van der Waals surface area contributed by atoms with E-state index in [1.165, 1.54) is 16.1 Å². The van der Waals surface area contributed by atoms with Crippen LogP contribution in [0.15, 0.2) is 54.6 Å². The lowest BCUT2D eigenvalue weighted by Crippen LogP contribution is -2.54. The molecule has 0 aliphatic heterocycles. The Kier molecular flexibility index (Phi) is 4.66. The molecule has 0 spiro atoms. The maximum absolute atomic E-state index is 2.47. The first-order valence-electron chi connectivity index (χ1n) is 7.51. The Hall–Kier alpha value is -1.54. The minimum absolute atomic E-state index is 1.06. The van der Waals surface area contributed by atoms with Crippen LogP contribution in [-0.2, 0) is 0 Å².